The molecule has 0 radical (unpaired) electrons. The highest BCUT2D eigenvalue weighted by Gasteiger charge is 2.30. The van der Waals surface area contributed by atoms with Gasteiger partial charge in [0, 0.05) is 24.2 Å². The molecule has 2 aromatic carbocycles. The minimum absolute atomic E-state index is 0.0167. The highest BCUT2D eigenvalue weighted by atomic mass is 32.2. The Hall–Kier alpha value is -2.75. The van der Waals surface area contributed by atoms with E-state index in [-0.39, 0.29) is 11.9 Å². The molecule has 7 nitrogen and oxygen atoms in total. The van der Waals surface area contributed by atoms with Gasteiger partial charge >= 0.3 is 0 Å². The van der Waals surface area contributed by atoms with Crippen LogP contribution < -0.4 is 14.2 Å². The van der Waals surface area contributed by atoms with Gasteiger partial charge in [-0.3, -0.25) is 4.68 Å². The molecule has 0 unspecified atom stereocenters. The maximum Gasteiger partial charge on any atom is 0.277 e. The molecular weight excluding hydrogens is 443 g/mol. The number of ether oxygens (including phenoxy) is 1. The van der Waals surface area contributed by atoms with Crippen molar-refractivity contribution in [1.82, 2.24) is 19.2 Å². The zero-order valence-electron chi connectivity index (χ0n) is 19.0. The van der Waals surface area contributed by atoms with Crippen molar-refractivity contribution in [2.24, 2.45) is 0 Å². The molecule has 1 saturated carbocycles. The van der Waals surface area contributed by atoms with Crippen LogP contribution in [0.15, 0.2) is 54.6 Å². The first-order valence-corrected chi connectivity index (χ1v) is 12.6. The van der Waals surface area contributed by atoms with Crippen molar-refractivity contribution in [3.05, 3.63) is 66.0 Å². The lowest BCUT2D eigenvalue weighted by Crippen LogP contribution is -2.51. The molecule has 3 aromatic rings. The summed E-state index contributed by atoms with van der Waals surface area (Å²) in [6.45, 7) is 6.28. The van der Waals surface area contributed by atoms with E-state index in [1.165, 1.54) is 12.1 Å². The van der Waals surface area contributed by atoms with Gasteiger partial charge in [-0.1, -0.05) is 24.6 Å². The number of aryl methyl sites for hydroxylation is 1. The van der Waals surface area contributed by atoms with Crippen molar-refractivity contribution >= 4 is 10.2 Å². The summed E-state index contributed by atoms with van der Waals surface area (Å²) in [7, 11) is -3.64. The van der Waals surface area contributed by atoms with Crippen molar-refractivity contribution in [2.75, 3.05) is 0 Å². The lowest BCUT2D eigenvalue weighted by atomic mass is 9.93. The Kier molecular flexibility index (Phi) is 6.56. The standard InChI is InChI=1S/C24H29FN4O3S/c1-4-29-22(16-23(26-29)32-21-13-11-19(25)12-14-21)17-7-5-8-18(15-17)24(2,3)28-33(30,31)27-20-9-6-10-20/h5,7-8,11-16,20,27-28H,4,6,9-10H2,1-3H3. The molecule has 1 heterocycles. The Labute approximate surface area is 194 Å². The third-order valence-corrected chi connectivity index (χ3v) is 7.21. The molecule has 176 valence electrons. The van der Waals surface area contributed by atoms with E-state index in [1.807, 2.05) is 55.8 Å². The molecule has 2 N–H and O–H groups in total. The minimum atomic E-state index is -3.64. The van der Waals surface area contributed by atoms with Crippen molar-refractivity contribution in [2.45, 2.75) is 58.2 Å². The number of benzene rings is 2. The molecule has 9 heteroatoms. The lowest BCUT2D eigenvalue weighted by Gasteiger charge is -2.31. The van der Waals surface area contributed by atoms with Crippen LogP contribution in [0, 0.1) is 5.82 Å². The van der Waals surface area contributed by atoms with Crippen LogP contribution in [0.4, 0.5) is 4.39 Å². The number of nitrogens with zero attached hydrogens (tertiary/aromatic N) is 2. The van der Waals surface area contributed by atoms with Crippen LogP contribution in [0.25, 0.3) is 11.3 Å². The Bertz CT molecular complexity index is 1220. The highest BCUT2D eigenvalue weighted by molar-refractivity contribution is 7.87. The Morgan fingerprint density at radius 2 is 1.88 bits per heavy atom. The minimum Gasteiger partial charge on any atom is -0.438 e. The van der Waals surface area contributed by atoms with Crippen LogP contribution in [0.2, 0.25) is 0 Å². The van der Waals surface area contributed by atoms with Crippen molar-refractivity contribution < 1.29 is 17.5 Å². The zero-order chi connectivity index (χ0) is 23.6. The monoisotopic (exact) mass is 472 g/mol. The second kappa shape index (κ2) is 9.24. The van der Waals surface area contributed by atoms with Crippen LogP contribution in [0.1, 0.15) is 45.6 Å². The summed E-state index contributed by atoms with van der Waals surface area (Å²) in [4.78, 5) is 0. The number of hydrogen-bond donors (Lipinski definition) is 2. The van der Waals surface area contributed by atoms with E-state index in [4.69, 9.17) is 4.74 Å². The molecule has 0 amide bonds. The average Bonchev–Trinajstić information content (AvgIpc) is 3.15. The number of rotatable bonds is 9. The summed E-state index contributed by atoms with van der Waals surface area (Å²) in [6.07, 6.45) is 2.80. The van der Waals surface area contributed by atoms with E-state index in [2.05, 4.69) is 14.5 Å². The topological polar surface area (TPSA) is 85.2 Å². The van der Waals surface area contributed by atoms with Crippen molar-refractivity contribution in [3.63, 3.8) is 0 Å². The van der Waals surface area contributed by atoms with Gasteiger partial charge in [0.05, 0.1) is 11.2 Å². The molecule has 1 aliphatic rings. The first kappa shape index (κ1) is 23.4. The molecule has 0 bridgehead atoms. The molecule has 1 aromatic heterocycles. The summed E-state index contributed by atoms with van der Waals surface area (Å²) < 4.78 is 51.5. The van der Waals surface area contributed by atoms with Gasteiger partial charge in [0.1, 0.15) is 11.6 Å². The number of aromatic nitrogens is 2. The van der Waals surface area contributed by atoms with E-state index in [0.29, 0.717) is 18.2 Å². The molecule has 0 saturated heterocycles. The van der Waals surface area contributed by atoms with Crippen molar-refractivity contribution in [1.29, 1.82) is 0 Å². The summed E-state index contributed by atoms with van der Waals surface area (Å²) in [6, 6.07) is 15.3. The first-order chi connectivity index (χ1) is 15.6. The maximum atomic E-state index is 13.2. The van der Waals surface area contributed by atoms with Gasteiger partial charge < -0.3 is 4.74 Å². The number of nitrogens with one attached hydrogen (secondary N) is 2. The summed E-state index contributed by atoms with van der Waals surface area (Å²) in [5.41, 5.74) is 1.72. The fourth-order valence-corrected chi connectivity index (χ4v) is 5.30. The average molecular weight is 473 g/mol. The van der Waals surface area contributed by atoms with E-state index < -0.39 is 15.7 Å². The van der Waals surface area contributed by atoms with Gasteiger partial charge in [-0.25, -0.2) is 4.39 Å². The van der Waals surface area contributed by atoms with Crippen LogP contribution in [-0.2, 0) is 22.3 Å². The highest BCUT2D eigenvalue weighted by Crippen LogP contribution is 2.31. The SMILES string of the molecule is CCn1nc(Oc2ccc(F)cc2)cc1-c1cccc(C(C)(C)NS(=O)(=O)NC2CCC2)c1. The van der Waals surface area contributed by atoms with Crippen molar-refractivity contribution in [3.8, 4) is 22.9 Å². The van der Waals surface area contributed by atoms with Gasteiger partial charge in [-0.05, 0) is 69.5 Å². The summed E-state index contributed by atoms with van der Waals surface area (Å²) in [5.74, 6) is 0.556. The smallest absolute Gasteiger partial charge is 0.277 e. The summed E-state index contributed by atoms with van der Waals surface area (Å²) >= 11 is 0. The molecule has 1 fully saturated rings. The normalized spacial score (nSPS) is 14.8. The summed E-state index contributed by atoms with van der Waals surface area (Å²) in [5, 5.41) is 4.50. The van der Waals surface area contributed by atoms with E-state index in [1.54, 1.807) is 12.1 Å². The molecule has 0 spiro atoms. The number of hydrogen-bond acceptors (Lipinski definition) is 4. The zero-order valence-corrected chi connectivity index (χ0v) is 19.8. The second-order valence-corrected chi connectivity index (χ2v) is 10.2. The fraction of sp³-hybridized carbons (Fsp3) is 0.375. The quantitative estimate of drug-likeness (QED) is 0.472. The second-order valence-electron chi connectivity index (χ2n) is 8.80. The lowest BCUT2D eigenvalue weighted by molar-refractivity contribution is 0.374. The largest absolute Gasteiger partial charge is 0.438 e. The molecule has 0 atom stereocenters. The molecule has 4 rings (SSSR count). The number of halogens is 1. The van der Waals surface area contributed by atoms with E-state index in [0.717, 1.165) is 36.1 Å². The van der Waals surface area contributed by atoms with Gasteiger partial charge in [-0.2, -0.15) is 17.9 Å². The third-order valence-electron chi connectivity index (χ3n) is 5.79. The van der Waals surface area contributed by atoms with Gasteiger partial charge in [-0.15, -0.1) is 5.10 Å². The predicted molar refractivity (Wildman–Crippen MR) is 126 cm³/mol. The maximum absolute atomic E-state index is 13.2. The molecular formula is C24H29FN4O3S. The first-order valence-electron chi connectivity index (χ1n) is 11.1. The Morgan fingerprint density at radius 1 is 1.15 bits per heavy atom. The molecule has 0 aliphatic heterocycles. The van der Waals surface area contributed by atoms with Crippen LogP contribution in [0.3, 0.4) is 0 Å². The fourth-order valence-electron chi connectivity index (χ4n) is 3.78. The Morgan fingerprint density at radius 3 is 2.52 bits per heavy atom. The molecule has 1 aliphatic carbocycles. The Balaban J connectivity index is 1.57. The van der Waals surface area contributed by atoms with E-state index >= 15 is 0 Å². The third kappa shape index (κ3) is 5.61. The van der Waals surface area contributed by atoms with E-state index in [9.17, 15) is 12.8 Å². The van der Waals surface area contributed by atoms with Crippen LogP contribution >= 0.6 is 0 Å². The predicted octanol–water partition coefficient (Wildman–Crippen LogP) is 4.71. The molecule has 33 heavy (non-hydrogen) atoms. The van der Waals surface area contributed by atoms with Gasteiger partial charge in [0.15, 0.2) is 0 Å². The van der Waals surface area contributed by atoms with Crippen LogP contribution in [-0.4, -0.2) is 24.2 Å². The van der Waals surface area contributed by atoms with Crippen LogP contribution in [0.5, 0.6) is 11.6 Å². The van der Waals surface area contributed by atoms with Gasteiger partial charge in [0.2, 0.25) is 5.88 Å². The van der Waals surface area contributed by atoms with Gasteiger partial charge in [0.25, 0.3) is 10.2 Å².